The number of carbonyl (C=O) groups excluding carboxylic acids is 2. The number of esters is 1. The molecule has 1 unspecified atom stereocenters. The number of halogens is 1. The Balaban J connectivity index is 2.02. The fourth-order valence-corrected chi connectivity index (χ4v) is 2.78. The van der Waals surface area contributed by atoms with Crippen LogP contribution in [0.5, 0.6) is 0 Å². The van der Waals surface area contributed by atoms with E-state index in [1.54, 1.807) is 12.1 Å². The summed E-state index contributed by atoms with van der Waals surface area (Å²) in [6.07, 6.45) is 0.374. The SMILES string of the molecule is CNS(=O)(=O)c1ccc(C(=O)OC(C)C(=O)Nc2cccnc2Cl)cc1. The molecule has 1 aromatic heterocycles. The van der Waals surface area contributed by atoms with Gasteiger partial charge in [0.05, 0.1) is 16.1 Å². The van der Waals surface area contributed by atoms with Crippen molar-refractivity contribution >= 4 is 39.2 Å². The minimum Gasteiger partial charge on any atom is -0.449 e. The van der Waals surface area contributed by atoms with Crippen LogP contribution in [0.1, 0.15) is 17.3 Å². The number of amides is 1. The summed E-state index contributed by atoms with van der Waals surface area (Å²) in [4.78, 5) is 28.0. The van der Waals surface area contributed by atoms with E-state index in [0.717, 1.165) is 0 Å². The molecule has 1 aromatic carbocycles. The summed E-state index contributed by atoms with van der Waals surface area (Å²) in [7, 11) is -2.32. The number of nitrogens with zero attached hydrogens (tertiary/aromatic N) is 1. The summed E-state index contributed by atoms with van der Waals surface area (Å²) in [5.41, 5.74) is 0.405. The van der Waals surface area contributed by atoms with Gasteiger partial charge in [0.15, 0.2) is 11.3 Å². The summed E-state index contributed by atoms with van der Waals surface area (Å²) in [6.45, 7) is 1.40. The van der Waals surface area contributed by atoms with E-state index in [9.17, 15) is 18.0 Å². The molecule has 0 fully saturated rings. The average Bonchev–Trinajstić information content (AvgIpc) is 2.63. The first-order valence-electron chi connectivity index (χ1n) is 7.40. The van der Waals surface area contributed by atoms with E-state index in [1.807, 2.05) is 0 Å². The molecule has 1 amide bonds. The Hall–Kier alpha value is -2.49. The van der Waals surface area contributed by atoms with E-state index in [4.69, 9.17) is 16.3 Å². The molecule has 26 heavy (non-hydrogen) atoms. The molecule has 138 valence electrons. The molecule has 10 heteroatoms. The molecule has 0 saturated heterocycles. The van der Waals surface area contributed by atoms with Crippen molar-refractivity contribution in [2.45, 2.75) is 17.9 Å². The van der Waals surface area contributed by atoms with Gasteiger partial charge in [0.2, 0.25) is 10.0 Å². The zero-order valence-electron chi connectivity index (χ0n) is 13.9. The second kappa shape index (κ2) is 8.26. The number of rotatable bonds is 6. The van der Waals surface area contributed by atoms with Crippen molar-refractivity contribution in [1.29, 1.82) is 0 Å². The Kier molecular flexibility index (Phi) is 6.30. The van der Waals surface area contributed by atoms with Crippen LogP contribution in [0.15, 0.2) is 47.5 Å². The van der Waals surface area contributed by atoms with Crippen LogP contribution < -0.4 is 10.0 Å². The zero-order valence-corrected chi connectivity index (χ0v) is 15.5. The lowest BCUT2D eigenvalue weighted by molar-refractivity contribution is -0.123. The van der Waals surface area contributed by atoms with Gasteiger partial charge in [0, 0.05) is 6.20 Å². The maximum atomic E-state index is 12.1. The highest BCUT2D eigenvalue weighted by atomic mass is 35.5. The lowest BCUT2D eigenvalue weighted by Gasteiger charge is -2.14. The number of benzene rings is 1. The van der Waals surface area contributed by atoms with Gasteiger partial charge in [0.25, 0.3) is 5.91 Å². The fourth-order valence-electron chi connectivity index (χ4n) is 1.88. The lowest BCUT2D eigenvalue weighted by Crippen LogP contribution is -2.30. The standard InChI is InChI=1S/C16H16ClN3O5S/c1-10(15(21)20-13-4-3-9-19-14(13)17)25-16(22)11-5-7-12(8-6-11)26(23,24)18-2/h3-10,18H,1-2H3,(H,20,21). The summed E-state index contributed by atoms with van der Waals surface area (Å²) in [5, 5.41) is 2.62. The van der Waals surface area contributed by atoms with Gasteiger partial charge >= 0.3 is 5.97 Å². The molecule has 1 atom stereocenters. The van der Waals surface area contributed by atoms with Gasteiger partial charge in [-0.05, 0) is 50.4 Å². The summed E-state index contributed by atoms with van der Waals surface area (Å²) in [6, 6.07) is 8.29. The van der Waals surface area contributed by atoms with Crippen molar-refractivity contribution < 1.29 is 22.7 Å². The molecule has 2 rings (SSSR count). The number of pyridine rings is 1. The predicted octanol–water partition coefficient (Wildman–Crippen LogP) is 1.83. The molecule has 0 aliphatic rings. The first-order valence-corrected chi connectivity index (χ1v) is 9.26. The number of anilines is 1. The average molecular weight is 398 g/mol. The van der Waals surface area contributed by atoms with Crippen molar-refractivity contribution in [3.05, 3.63) is 53.3 Å². The van der Waals surface area contributed by atoms with E-state index >= 15 is 0 Å². The predicted molar refractivity (Wildman–Crippen MR) is 95.4 cm³/mol. The highest BCUT2D eigenvalue weighted by Gasteiger charge is 2.20. The maximum Gasteiger partial charge on any atom is 0.338 e. The third-order valence-corrected chi connectivity index (χ3v) is 5.07. The van der Waals surface area contributed by atoms with Crippen molar-refractivity contribution in [3.8, 4) is 0 Å². The molecule has 8 nitrogen and oxygen atoms in total. The lowest BCUT2D eigenvalue weighted by atomic mass is 10.2. The number of hydrogen-bond acceptors (Lipinski definition) is 6. The Morgan fingerprint density at radius 1 is 1.19 bits per heavy atom. The van der Waals surface area contributed by atoms with Crippen LogP contribution in [0.2, 0.25) is 5.15 Å². The molecule has 0 bridgehead atoms. The zero-order chi connectivity index (χ0) is 19.3. The molecule has 0 saturated carbocycles. The Labute approximate surface area is 155 Å². The molecule has 0 aliphatic heterocycles. The van der Waals surface area contributed by atoms with Crippen LogP contribution in [-0.4, -0.2) is 38.4 Å². The van der Waals surface area contributed by atoms with Gasteiger partial charge in [0.1, 0.15) is 0 Å². The van der Waals surface area contributed by atoms with Crippen molar-refractivity contribution in [1.82, 2.24) is 9.71 Å². The molecule has 2 N–H and O–H groups in total. The topological polar surface area (TPSA) is 114 Å². The molecule has 2 aromatic rings. The summed E-state index contributed by atoms with van der Waals surface area (Å²) in [5.74, 6) is -1.35. The number of nitrogens with one attached hydrogen (secondary N) is 2. The first-order chi connectivity index (χ1) is 12.2. The van der Waals surface area contributed by atoms with Gasteiger partial charge in [-0.1, -0.05) is 11.6 Å². The monoisotopic (exact) mass is 397 g/mol. The Morgan fingerprint density at radius 3 is 2.42 bits per heavy atom. The number of sulfonamides is 1. The van der Waals surface area contributed by atoms with Crippen LogP contribution in [0.4, 0.5) is 5.69 Å². The second-order valence-corrected chi connectivity index (χ2v) is 7.36. The van der Waals surface area contributed by atoms with Crippen LogP contribution in [0.25, 0.3) is 0 Å². The number of hydrogen-bond donors (Lipinski definition) is 2. The van der Waals surface area contributed by atoms with E-state index in [-0.39, 0.29) is 15.6 Å². The number of aromatic nitrogens is 1. The quantitative estimate of drug-likeness (QED) is 0.567. The smallest absolute Gasteiger partial charge is 0.338 e. The van der Waals surface area contributed by atoms with Crippen LogP contribution in [0, 0.1) is 0 Å². The van der Waals surface area contributed by atoms with Crippen LogP contribution >= 0.6 is 11.6 Å². The molecule has 1 heterocycles. The van der Waals surface area contributed by atoms with Gasteiger partial charge in [-0.3, -0.25) is 4.79 Å². The first kappa shape index (κ1) is 19.8. The van der Waals surface area contributed by atoms with E-state index < -0.39 is 28.0 Å². The Morgan fingerprint density at radius 2 is 1.85 bits per heavy atom. The Bertz CT molecular complexity index is 916. The summed E-state index contributed by atoms with van der Waals surface area (Å²) >= 11 is 5.85. The van der Waals surface area contributed by atoms with Gasteiger partial charge in [-0.25, -0.2) is 22.9 Å². The number of carbonyl (C=O) groups is 2. The molecule has 0 radical (unpaired) electrons. The molecule has 0 aliphatic carbocycles. The minimum atomic E-state index is -3.60. The highest BCUT2D eigenvalue weighted by molar-refractivity contribution is 7.89. The highest BCUT2D eigenvalue weighted by Crippen LogP contribution is 2.18. The van der Waals surface area contributed by atoms with Crippen molar-refractivity contribution in [2.75, 3.05) is 12.4 Å². The van der Waals surface area contributed by atoms with Crippen LogP contribution in [0.3, 0.4) is 0 Å². The normalized spacial score (nSPS) is 12.3. The van der Waals surface area contributed by atoms with E-state index in [0.29, 0.717) is 5.69 Å². The van der Waals surface area contributed by atoms with E-state index in [1.165, 1.54) is 44.4 Å². The van der Waals surface area contributed by atoms with Crippen molar-refractivity contribution in [3.63, 3.8) is 0 Å². The van der Waals surface area contributed by atoms with Gasteiger partial charge in [-0.2, -0.15) is 0 Å². The summed E-state index contributed by atoms with van der Waals surface area (Å²) < 4.78 is 30.6. The molecular formula is C16H16ClN3O5S. The maximum absolute atomic E-state index is 12.1. The number of ether oxygens (including phenoxy) is 1. The fraction of sp³-hybridized carbons (Fsp3) is 0.188. The van der Waals surface area contributed by atoms with Gasteiger partial charge in [-0.15, -0.1) is 0 Å². The van der Waals surface area contributed by atoms with Gasteiger partial charge < -0.3 is 10.1 Å². The molecular weight excluding hydrogens is 382 g/mol. The largest absolute Gasteiger partial charge is 0.449 e. The third-order valence-electron chi connectivity index (χ3n) is 3.34. The van der Waals surface area contributed by atoms with Crippen LogP contribution in [-0.2, 0) is 19.6 Å². The van der Waals surface area contributed by atoms with E-state index in [2.05, 4.69) is 15.0 Å². The third kappa shape index (κ3) is 4.78. The van der Waals surface area contributed by atoms with Crippen molar-refractivity contribution in [2.24, 2.45) is 0 Å². The molecule has 0 spiro atoms. The minimum absolute atomic E-state index is 0.00793. The second-order valence-electron chi connectivity index (χ2n) is 5.11.